The average molecular weight is 254 g/mol. The van der Waals surface area contributed by atoms with Crippen LogP contribution in [0.25, 0.3) is 0 Å². The van der Waals surface area contributed by atoms with E-state index >= 15 is 0 Å². The van der Waals surface area contributed by atoms with Gasteiger partial charge in [-0.1, -0.05) is 12.8 Å². The molecular weight excluding hydrogens is 238 g/mol. The van der Waals surface area contributed by atoms with E-state index in [0.717, 1.165) is 30.9 Å². The van der Waals surface area contributed by atoms with E-state index in [9.17, 15) is 13.6 Å². The molecule has 2 rings (SSSR count). The molecule has 0 atom stereocenters. The molecule has 1 saturated carbocycles. The zero-order valence-corrected chi connectivity index (χ0v) is 10.0. The molecule has 1 aromatic rings. The molecule has 0 aliphatic heterocycles. The summed E-state index contributed by atoms with van der Waals surface area (Å²) in [6.07, 6.45) is 4.41. The number of halogens is 2. The number of hydrogen-bond acceptors (Lipinski definition) is 2. The van der Waals surface area contributed by atoms with E-state index in [2.05, 4.69) is 5.32 Å². The van der Waals surface area contributed by atoms with Gasteiger partial charge in [0.15, 0.2) is 5.82 Å². The second-order valence-corrected chi connectivity index (χ2v) is 4.67. The maximum Gasteiger partial charge on any atom is 0.257 e. The van der Waals surface area contributed by atoms with E-state index in [4.69, 9.17) is 5.73 Å². The second-order valence-electron chi connectivity index (χ2n) is 4.67. The second kappa shape index (κ2) is 5.33. The first kappa shape index (κ1) is 12.8. The van der Waals surface area contributed by atoms with Gasteiger partial charge < -0.3 is 11.1 Å². The molecule has 1 amide bonds. The number of anilines is 1. The average Bonchev–Trinajstić information content (AvgIpc) is 3.14. The molecule has 0 saturated heterocycles. The number of rotatable bonds is 5. The third-order valence-corrected chi connectivity index (χ3v) is 3.12. The normalized spacial score (nSPS) is 14.6. The zero-order chi connectivity index (χ0) is 13.1. The van der Waals surface area contributed by atoms with Gasteiger partial charge in [0.2, 0.25) is 0 Å². The van der Waals surface area contributed by atoms with E-state index < -0.39 is 23.1 Å². The van der Waals surface area contributed by atoms with Crippen molar-refractivity contribution in [1.82, 2.24) is 5.32 Å². The summed E-state index contributed by atoms with van der Waals surface area (Å²) in [7, 11) is 0. The minimum Gasteiger partial charge on any atom is -0.396 e. The van der Waals surface area contributed by atoms with E-state index in [0.29, 0.717) is 6.54 Å². The lowest BCUT2D eigenvalue weighted by atomic mass is 10.1. The zero-order valence-electron chi connectivity index (χ0n) is 10.0. The molecule has 1 aliphatic carbocycles. The molecule has 0 aromatic heterocycles. The molecule has 0 heterocycles. The Morgan fingerprint density at radius 1 is 1.39 bits per heavy atom. The van der Waals surface area contributed by atoms with E-state index in [1.54, 1.807) is 0 Å². The molecule has 0 radical (unpaired) electrons. The van der Waals surface area contributed by atoms with Gasteiger partial charge in [-0.3, -0.25) is 4.79 Å². The highest BCUT2D eigenvalue weighted by Crippen LogP contribution is 2.33. The standard InChI is InChI=1S/C13H16F2N2O/c14-9-5-6-10(16)12(15)11(9)13(18)17-7-1-2-8-3-4-8/h5-6,8H,1-4,7,16H2,(H,17,18). The van der Waals surface area contributed by atoms with Crippen LogP contribution in [0.4, 0.5) is 14.5 Å². The fourth-order valence-corrected chi connectivity index (χ4v) is 1.86. The van der Waals surface area contributed by atoms with Gasteiger partial charge in [0.1, 0.15) is 11.4 Å². The van der Waals surface area contributed by atoms with Gasteiger partial charge in [0.05, 0.1) is 5.69 Å². The summed E-state index contributed by atoms with van der Waals surface area (Å²) in [6, 6.07) is 2.10. The van der Waals surface area contributed by atoms with Gasteiger partial charge >= 0.3 is 0 Å². The highest BCUT2D eigenvalue weighted by molar-refractivity contribution is 5.95. The Morgan fingerprint density at radius 2 is 2.11 bits per heavy atom. The number of nitrogens with one attached hydrogen (secondary N) is 1. The quantitative estimate of drug-likeness (QED) is 0.626. The molecular formula is C13H16F2N2O. The van der Waals surface area contributed by atoms with Crippen molar-refractivity contribution >= 4 is 11.6 Å². The van der Waals surface area contributed by atoms with Crippen LogP contribution in [0.1, 0.15) is 36.0 Å². The molecule has 1 fully saturated rings. The van der Waals surface area contributed by atoms with Gasteiger partial charge in [-0.15, -0.1) is 0 Å². The Bertz CT molecular complexity index is 459. The Morgan fingerprint density at radius 3 is 2.78 bits per heavy atom. The fourth-order valence-electron chi connectivity index (χ4n) is 1.86. The lowest BCUT2D eigenvalue weighted by molar-refractivity contribution is 0.0944. The molecule has 0 spiro atoms. The maximum absolute atomic E-state index is 13.5. The van der Waals surface area contributed by atoms with Gasteiger partial charge in [-0.05, 0) is 30.9 Å². The molecule has 18 heavy (non-hydrogen) atoms. The minimum atomic E-state index is -0.991. The summed E-state index contributed by atoms with van der Waals surface area (Å²) in [5.74, 6) is -1.84. The molecule has 98 valence electrons. The summed E-state index contributed by atoms with van der Waals surface area (Å²) >= 11 is 0. The van der Waals surface area contributed by atoms with Crippen LogP contribution in [0.5, 0.6) is 0 Å². The Hall–Kier alpha value is -1.65. The summed E-state index contributed by atoms with van der Waals surface area (Å²) < 4.78 is 26.9. The van der Waals surface area contributed by atoms with Crippen molar-refractivity contribution in [3.05, 3.63) is 29.3 Å². The topological polar surface area (TPSA) is 55.1 Å². The smallest absolute Gasteiger partial charge is 0.257 e. The van der Waals surface area contributed by atoms with Crippen molar-refractivity contribution in [2.24, 2.45) is 5.92 Å². The number of hydrogen-bond donors (Lipinski definition) is 2. The minimum absolute atomic E-state index is 0.223. The van der Waals surface area contributed by atoms with Crippen molar-refractivity contribution in [2.45, 2.75) is 25.7 Å². The predicted molar refractivity (Wildman–Crippen MR) is 65.1 cm³/mol. The summed E-state index contributed by atoms with van der Waals surface area (Å²) in [6.45, 7) is 0.434. The number of amides is 1. The van der Waals surface area contributed by atoms with Gasteiger partial charge in [-0.25, -0.2) is 8.78 Å². The molecule has 5 heteroatoms. The summed E-state index contributed by atoms with van der Waals surface area (Å²) in [5, 5.41) is 2.52. The number of carbonyl (C=O) groups excluding carboxylic acids is 1. The van der Waals surface area contributed by atoms with Crippen LogP contribution >= 0.6 is 0 Å². The molecule has 1 aromatic carbocycles. The van der Waals surface area contributed by atoms with Crippen LogP contribution in [0, 0.1) is 17.6 Å². The van der Waals surface area contributed by atoms with Crippen molar-refractivity contribution in [1.29, 1.82) is 0 Å². The van der Waals surface area contributed by atoms with Crippen LogP contribution in [0.15, 0.2) is 12.1 Å². The fraction of sp³-hybridized carbons (Fsp3) is 0.462. The first-order valence-electron chi connectivity index (χ1n) is 6.11. The third kappa shape index (κ3) is 2.97. The lowest BCUT2D eigenvalue weighted by Gasteiger charge is -2.08. The predicted octanol–water partition coefficient (Wildman–Crippen LogP) is 2.47. The van der Waals surface area contributed by atoms with Crippen LogP contribution in [-0.4, -0.2) is 12.5 Å². The first-order chi connectivity index (χ1) is 8.59. The summed E-state index contributed by atoms with van der Waals surface area (Å²) in [5.41, 5.74) is 4.49. The van der Waals surface area contributed by atoms with Crippen LogP contribution < -0.4 is 11.1 Å². The van der Waals surface area contributed by atoms with Gasteiger partial charge in [0.25, 0.3) is 5.91 Å². The first-order valence-corrected chi connectivity index (χ1v) is 6.11. The number of nitrogen functional groups attached to an aromatic ring is 1. The van der Waals surface area contributed by atoms with Crippen LogP contribution in [-0.2, 0) is 0 Å². The third-order valence-electron chi connectivity index (χ3n) is 3.12. The highest BCUT2D eigenvalue weighted by Gasteiger charge is 2.21. The Kier molecular flexibility index (Phi) is 3.79. The van der Waals surface area contributed by atoms with Crippen LogP contribution in [0.2, 0.25) is 0 Å². The Labute approximate surface area is 104 Å². The van der Waals surface area contributed by atoms with Crippen molar-refractivity contribution < 1.29 is 13.6 Å². The molecule has 3 N–H and O–H groups in total. The molecule has 0 unspecified atom stereocenters. The van der Waals surface area contributed by atoms with Gasteiger partial charge in [-0.2, -0.15) is 0 Å². The van der Waals surface area contributed by atoms with Crippen molar-refractivity contribution in [2.75, 3.05) is 12.3 Å². The van der Waals surface area contributed by atoms with Crippen LogP contribution in [0.3, 0.4) is 0 Å². The molecule has 3 nitrogen and oxygen atoms in total. The van der Waals surface area contributed by atoms with E-state index in [1.165, 1.54) is 12.8 Å². The monoisotopic (exact) mass is 254 g/mol. The summed E-state index contributed by atoms with van der Waals surface area (Å²) in [4.78, 5) is 11.7. The highest BCUT2D eigenvalue weighted by atomic mass is 19.1. The largest absolute Gasteiger partial charge is 0.396 e. The van der Waals surface area contributed by atoms with Crippen molar-refractivity contribution in [3.63, 3.8) is 0 Å². The molecule has 1 aliphatic rings. The van der Waals surface area contributed by atoms with Gasteiger partial charge in [0, 0.05) is 6.54 Å². The SMILES string of the molecule is Nc1ccc(F)c(C(=O)NCCCC2CC2)c1F. The van der Waals surface area contributed by atoms with E-state index in [1.807, 2.05) is 0 Å². The molecule has 0 bridgehead atoms. The number of nitrogens with two attached hydrogens (primary N) is 1. The lowest BCUT2D eigenvalue weighted by Crippen LogP contribution is -2.27. The Balaban J connectivity index is 1.92. The van der Waals surface area contributed by atoms with E-state index in [-0.39, 0.29) is 5.69 Å². The van der Waals surface area contributed by atoms with Crippen molar-refractivity contribution in [3.8, 4) is 0 Å². The number of benzene rings is 1. The number of carbonyl (C=O) groups is 1. The maximum atomic E-state index is 13.5.